The highest BCUT2D eigenvalue weighted by atomic mass is 16.1. The Kier molecular flexibility index (Phi) is 3.12. The summed E-state index contributed by atoms with van der Waals surface area (Å²) in [5, 5.41) is 3.57. The molecule has 3 aromatic rings. The number of nitrogens with zero attached hydrogens (tertiary/aromatic N) is 2. The van der Waals surface area contributed by atoms with Crippen molar-refractivity contribution in [1.29, 1.82) is 0 Å². The van der Waals surface area contributed by atoms with Crippen LogP contribution in [-0.2, 0) is 4.79 Å². The number of pyridine rings is 1. The number of H-pyrrole nitrogens is 1. The molecule has 1 amide bonds. The molecule has 0 unspecified atom stereocenters. The quantitative estimate of drug-likeness (QED) is 0.506. The smallest absolute Gasteiger partial charge is 0.212 e. The molecule has 0 saturated carbocycles. The molecule has 21 heavy (non-hydrogen) atoms. The van der Waals surface area contributed by atoms with Crippen LogP contribution in [0.5, 0.6) is 0 Å². The normalized spacial score (nSPS) is 10.5. The van der Waals surface area contributed by atoms with Crippen molar-refractivity contribution < 1.29 is 4.79 Å². The molecule has 2 heterocycles. The van der Waals surface area contributed by atoms with Crippen LogP contribution in [-0.4, -0.2) is 23.1 Å². The van der Waals surface area contributed by atoms with Crippen molar-refractivity contribution in [2.75, 3.05) is 11.1 Å². The molecule has 2 aromatic heterocycles. The summed E-state index contributed by atoms with van der Waals surface area (Å²) in [7, 11) is 0. The topological polar surface area (TPSA) is 96.2 Å². The van der Waals surface area contributed by atoms with Crippen LogP contribution >= 0.6 is 0 Å². The molecular weight excluding hydrogens is 266 g/mol. The fraction of sp³-hybridized carbons (Fsp3) is 0. The van der Waals surface area contributed by atoms with E-state index in [4.69, 9.17) is 5.73 Å². The number of nitrogens with one attached hydrogen (secondary N) is 2. The van der Waals surface area contributed by atoms with Crippen LogP contribution in [0.2, 0.25) is 0 Å². The van der Waals surface area contributed by atoms with Crippen molar-refractivity contribution in [2.24, 2.45) is 4.99 Å². The number of aliphatic imine (C=N–C) groups is 1. The number of nitrogens with two attached hydrogens (primary N) is 1. The van der Waals surface area contributed by atoms with E-state index in [0.29, 0.717) is 17.9 Å². The average molecular weight is 279 g/mol. The first-order chi connectivity index (χ1) is 10.2. The molecule has 0 fully saturated rings. The lowest BCUT2D eigenvalue weighted by Gasteiger charge is -2.08. The molecule has 1 aromatic carbocycles. The summed E-state index contributed by atoms with van der Waals surface area (Å²) >= 11 is 0. The fourth-order valence-electron chi connectivity index (χ4n) is 2.28. The van der Waals surface area contributed by atoms with Crippen LogP contribution in [0.25, 0.3) is 22.2 Å². The van der Waals surface area contributed by atoms with Gasteiger partial charge < -0.3 is 16.0 Å². The SMILES string of the molecule is C=Nc1c(-c2cc3ccccc3[nH]2)cc(NC=O)nc1N. The van der Waals surface area contributed by atoms with E-state index in [-0.39, 0.29) is 5.82 Å². The van der Waals surface area contributed by atoms with Gasteiger partial charge in [-0.2, -0.15) is 0 Å². The third-order valence-electron chi connectivity index (χ3n) is 3.20. The molecule has 0 bridgehead atoms. The number of fused-ring (bicyclic) bond motifs is 1. The molecule has 0 spiro atoms. The zero-order chi connectivity index (χ0) is 14.8. The summed E-state index contributed by atoms with van der Waals surface area (Å²) < 4.78 is 0. The van der Waals surface area contributed by atoms with E-state index in [9.17, 15) is 4.79 Å². The van der Waals surface area contributed by atoms with Gasteiger partial charge in [-0.15, -0.1) is 0 Å². The number of para-hydroxylation sites is 1. The third kappa shape index (κ3) is 2.23. The van der Waals surface area contributed by atoms with Gasteiger partial charge in [0.05, 0.1) is 0 Å². The Bertz CT molecular complexity index is 804. The van der Waals surface area contributed by atoms with Gasteiger partial charge in [0, 0.05) is 22.2 Å². The summed E-state index contributed by atoms with van der Waals surface area (Å²) in [5.41, 5.74) is 8.94. The number of carbonyl (C=O) groups excluding carboxylic acids is 1. The highest BCUT2D eigenvalue weighted by Gasteiger charge is 2.13. The number of rotatable bonds is 4. The molecule has 4 N–H and O–H groups in total. The van der Waals surface area contributed by atoms with Gasteiger partial charge in [-0.3, -0.25) is 9.79 Å². The van der Waals surface area contributed by atoms with Crippen LogP contribution < -0.4 is 11.1 Å². The van der Waals surface area contributed by atoms with Gasteiger partial charge in [0.15, 0.2) is 5.82 Å². The van der Waals surface area contributed by atoms with Crippen molar-refractivity contribution in [2.45, 2.75) is 0 Å². The van der Waals surface area contributed by atoms with Crippen LogP contribution in [0.1, 0.15) is 0 Å². The number of aromatic amines is 1. The number of aromatic nitrogens is 2. The van der Waals surface area contributed by atoms with E-state index in [1.54, 1.807) is 6.07 Å². The number of nitrogen functional groups attached to an aromatic ring is 1. The van der Waals surface area contributed by atoms with Gasteiger partial charge >= 0.3 is 0 Å². The van der Waals surface area contributed by atoms with Crippen LogP contribution in [0, 0.1) is 0 Å². The minimum atomic E-state index is 0.213. The second-order valence-corrected chi connectivity index (χ2v) is 4.48. The summed E-state index contributed by atoms with van der Waals surface area (Å²) in [4.78, 5) is 21.9. The fourth-order valence-corrected chi connectivity index (χ4v) is 2.28. The zero-order valence-electron chi connectivity index (χ0n) is 11.1. The van der Waals surface area contributed by atoms with Crippen molar-refractivity contribution in [1.82, 2.24) is 9.97 Å². The summed E-state index contributed by atoms with van der Waals surface area (Å²) in [6, 6.07) is 11.6. The standard InChI is InChI=1S/C15H13N5O/c1-17-14-10(7-13(18-8-21)20-15(14)16)12-6-9-4-2-3-5-11(9)19-12/h2-8,19H,1H2,(H3,16,18,20,21). The molecule has 6 nitrogen and oxygen atoms in total. The van der Waals surface area contributed by atoms with Gasteiger partial charge in [-0.25, -0.2) is 4.98 Å². The van der Waals surface area contributed by atoms with E-state index in [2.05, 4.69) is 27.0 Å². The predicted octanol–water partition coefficient (Wildman–Crippen LogP) is 2.71. The maximum atomic E-state index is 10.6. The monoisotopic (exact) mass is 279 g/mol. The first-order valence-corrected chi connectivity index (χ1v) is 6.28. The van der Waals surface area contributed by atoms with Gasteiger partial charge in [-0.05, 0) is 24.9 Å². The minimum Gasteiger partial charge on any atom is -0.382 e. The molecule has 104 valence electrons. The second kappa shape index (κ2) is 5.09. The Morgan fingerprint density at radius 3 is 2.86 bits per heavy atom. The molecular formula is C15H13N5O. The Balaban J connectivity index is 2.23. The molecule has 0 atom stereocenters. The number of carbonyl (C=O) groups is 1. The highest BCUT2D eigenvalue weighted by molar-refractivity contribution is 5.92. The number of benzene rings is 1. The van der Waals surface area contributed by atoms with Gasteiger partial charge in [0.1, 0.15) is 11.5 Å². The van der Waals surface area contributed by atoms with Gasteiger partial charge in [0.25, 0.3) is 0 Å². The maximum Gasteiger partial charge on any atom is 0.212 e. The lowest BCUT2D eigenvalue weighted by atomic mass is 10.1. The van der Waals surface area contributed by atoms with Crippen LogP contribution in [0.3, 0.4) is 0 Å². The van der Waals surface area contributed by atoms with E-state index in [1.165, 1.54) is 0 Å². The van der Waals surface area contributed by atoms with Crippen molar-refractivity contribution in [3.8, 4) is 11.3 Å². The van der Waals surface area contributed by atoms with Gasteiger partial charge in [0.2, 0.25) is 6.41 Å². The Hall–Kier alpha value is -3.15. The molecule has 0 aliphatic rings. The number of anilines is 2. The zero-order valence-corrected chi connectivity index (χ0v) is 11.1. The van der Waals surface area contributed by atoms with E-state index < -0.39 is 0 Å². The molecule has 0 aliphatic carbocycles. The third-order valence-corrected chi connectivity index (χ3v) is 3.20. The largest absolute Gasteiger partial charge is 0.382 e. The summed E-state index contributed by atoms with van der Waals surface area (Å²) in [6.07, 6.45) is 0.553. The number of hydrogen-bond acceptors (Lipinski definition) is 4. The molecule has 6 heteroatoms. The summed E-state index contributed by atoms with van der Waals surface area (Å²) in [6.45, 7) is 3.53. The van der Waals surface area contributed by atoms with Gasteiger partial charge in [-0.1, -0.05) is 18.2 Å². The first kappa shape index (κ1) is 12.9. The van der Waals surface area contributed by atoms with Crippen molar-refractivity contribution in [3.63, 3.8) is 0 Å². The van der Waals surface area contributed by atoms with E-state index in [0.717, 1.165) is 22.2 Å². The molecule has 0 radical (unpaired) electrons. The van der Waals surface area contributed by atoms with Crippen LogP contribution in [0.4, 0.5) is 17.3 Å². The summed E-state index contributed by atoms with van der Waals surface area (Å²) in [5.74, 6) is 0.578. The van der Waals surface area contributed by atoms with Crippen molar-refractivity contribution >= 4 is 41.4 Å². The number of amides is 1. The molecule has 3 rings (SSSR count). The lowest BCUT2D eigenvalue weighted by Crippen LogP contribution is -2.01. The molecule has 0 aliphatic heterocycles. The van der Waals surface area contributed by atoms with E-state index >= 15 is 0 Å². The Morgan fingerprint density at radius 1 is 1.33 bits per heavy atom. The lowest BCUT2D eigenvalue weighted by molar-refractivity contribution is -0.105. The molecule has 0 saturated heterocycles. The van der Waals surface area contributed by atoms with Crippen molar-refractivity contribution in [3.05, 3.63) is 36.4 Å². The number of hydrogen-bond donors (Lipinski definition) is 3. The Morgan fingerprint density at radius 2 is 2.14 bits per heavy atom. The van der Waals surface area contributed by atoms with Crippen LogP contribution in [0.15, 0.2) is 41.4 Å². The predicted molar refractivity (Wildman–Crippen MR) is 84.8 cm³/mol. The Labute approximate surface area is 120 Å². The minimum absolute atomic E-state index is 0.213. The second-order valence-electron chi connectivity index (χ2n) is 4.48. The average Bonchev–Trinajstić information content (AvgIpc) is 2.91. The van der Waals surface area contributed by atoms with E-state index in [1.807, 2.05) is 30.3 Å². The maximum absolute atomic E-state index is 10.6. The first-order valence-electron chi connectivity index (χ1n) is 6.28. The highest BCUT2D eigenvalue weighted by Crippen LogP contribution is 2.36.